The summed E-state index contributed by atoms with van der Waals surface area (Å²) in [6, 6.07) is 0.519. The van der Waals surface area contributed by atoms with Crippen LogP contribution in [0.5, 0.6) is 0 Å². The second-order valence-corrected chi connectivity index (χ2v) is 9.59. The van der Waals surface area contributed by atoms with Gasteiger partial charge in [-0.1, -0.05) is 27.2 Å². The maximum absolute atomic E-state index is 13.9. The van der Waals surface area contributed by atoms with E-state index in [-0.39, 0.29) is 47.9 Å². The van der Waals surface area contributed by atoms with E-state index in [2.05, 4.69) is 12.2 Å². The van der Waals surface area contributed by atoms with Gasteiger partial charge in [0.1, 0.15) is 5.54 Å². The molecule has 2 aliphatic heterocycles. The molecule has 5 nitrogen and oxygen atoms in total. The highest BCUT2D eigenvalue weighted by Crippen LogP contribution is 2.63. The summed E-state index contributed by atoms with van der Waals surface area (Å²) in [4.78, 5) is 41.1. The fraction of sp³-hybridized carbons (Fsp3) is 0.833. The number of hydrogen-bond donors (Lipinski definition) is 1. The van der Waals surface area contributed by atoms with Gasteiger partial charge in [-0.05, 0) is 19.3 Å². The van der Waals surface area contributed by atoms with Crippen LogP contribution < -0.4 is 5.32 Å². The molecule has 4 fully saturated rings. The first kappa shape index (κ1) is 17.6. The number of nitrogens with zero attached hydrogens (tertiary/aromatic N) is 1. The Morgan fingerprint density at radius 1 is 1.32 bits per heavy atom. The molecule has 0 spiro atoms. The Hall–Kier alpha value is -0.815. The second kappa shape index (κ2) is 5.59. The lowest BCUT2D eigenvalue weighted by molar-refractivity contribution is -0.161. The molecule has 25 heavy (non-hydrogen) atoms. The number of amides is 2. The summed E-state index contributed by atoms with van der Waals surface area (Å²) in [7, 11) is 5.64. The normalized spacial score (nSPS) is 42.2. The number of carbonyl (C=O) groups excluding carboxylic acids is 3. The zero-order valence-corrected chi connectivity index (χ0v) is 15.9. The van der Waals surface area contributed by atoms with Crippen molar-refractivity contribution in [3.63, 3.8) is 0 Å². The van der Waals surface area contributed by atoms with Crippen LogP contribution in [0.3, 0.4) is 0 Å². The van der Waals surface area contributed by atoms with Crippen molar-refractivity contribution in [2.24, 2.45) is 17.3 Å². The van der Waals surface area contributed by atoms with Gasteiger partial charge in [0.15, 0.2) is 12.9 Å². The maximum atomic E-state index is 13.9. The number of hydrogen-bond acceptors (Lipinski definition) is 5. The van der Waals surface area contributed by atoms with E-state index < -0.39 is 16.2 Å². The van der Waals surface area contributed by atoms with Crippen molar-refractivity contribution in [3.8, 4) is 0 Å². The third-order valence-electron chi connectivity index (χ3n) is 6.63. The molecular weight excluding hydrogens is 335 g/mol. The van der Waals surface area contributed by atoms with Crippen LogP contribution in [-0.2, 0) is 14.4 Å². The molecule has 2 heterocycles. The summed E-state index contributed by atoms with van der Waals surface area (Å²) in [6.07, 6.45) is 3.53. The van der Waals surface area contributed by atoms with Crippen LogP contribution in [0.4, 0.5) is 0 Å². The van der Waals surface area contributed by atoms with E-state index in [4.69, 9.17) is 7.12 Å². The molecule has 2 saturated carbocycles. The largest absolute Gasteiger partial charge is 0.310 e. The molecule has 4 aliphatic rings. The lowest BCUT2D eigenvalue weighted by Gasteiger charge is -2.46. The molecule has 7 heteroatoms. The van der Waals surface area contributed by atoms with Gasteiger partial charge in [-0.15, -0.1) is 0 Å². The topological polar surface area (TPSA) is 66.5 Å². The van der Waals surface area contributed by atoms with Crippen LogP contribution in [0.25, 0.3) is 0 Å². The van der Waals surface area contributed by atoms with Gasteiger partial charge in [-0.2, -0.15) is 0 Å². The molecular formula is C18H25BN2O3S. The third-order valence-corrected chi connectivity index (χ3v) is 7.33. The summed E-state index contributed by atoms with van der Waals surface area (Å²) >= 11 is 0.931. The molecule has 2 saturated heterocycles. The smallest absolute Gasteiger partial charge is 0.242 e. The molecule has 0 bridgehead atoms. The summed E-state index contributed by atoms with van der Waals surface area (Å²) in [5, 5.41) is 3.02. The van der Waals surface area contributed by atoms with Crippen molar-refractivity contribution < 1.29 is 14.4 Å². The molecule has 2 radical (unpaired) electrons. The van der Waals surface area contributed by atoms with Gasteiger partial charge < -0.3 is 5.32 Å². The first-order valence-electron chi connectivity index (χ1n) is 9.32. The molecule has 5 unspecified atom stereocenters. The number of Topliss-reactive ketones (excluding diaryl/α,β-unsaturated/α-hetero) is 1. The summed E-state index contributed by atoms with van der Waals surface area (Å²) in [5.74, 6) is -0.250. The second-order valence-electron chi connectivity index (χ2n) is 8.75. The van der Waals surface area contributed by atoms with E-state index in [0.717, 1.165) is 37.3 Å². The van der Waals surface area contributed by atoms with E-state index in [9.17, 15) is 14.4 Å². The van der Waals surface area contributed by atoms with Crippen LogP contribution >= 0.6 is 11.6 Å². The first-order valence-corrected chi connectivity index (χ1v) is 10.3. The summed E-state index contributed by atoms with van der Waals surface area (Å²) in [5.41, 5.74) is -1.49. The highest BCUT2D eigenvalue weighted by molar-refractivity contribution is 8.20. The van der Waals surface area contributed by atoms with Crippen LogP contribution in [0.2, 0.25) is 0 Å². The van der Waals surface area contributed by atoms with Crippen molar-refractivity contribution in [1.82, 2.24) is 10.2 Å². The number of ketones is 1. The van der Waals surface area contributed by atoms with Crippen LogP contribution in [-0.4, -0.2) is 52.5 Å². The van der Waals surface area contributed by atoms with Gasteiger partial charge in [-0.3, -0.25) is 19.3 Å². The van der Waals surface area contributed by atoms with Crippen molar-refractivity contribution >= 4 is 36.3 Å². The van der Waals surface area contributed by atoms with Gasteiger partial charge in [-0.25, -0.2) is 11.6 Å². The van der Waals surface area contributed by atoms with Gasteiger partial charge in [0.05, 0.1) is 5.25 Å². The highest BCUT2D eigenvalue weighted by atomic mass is 32.2. The monoisotopic (exact) mass is 360 g/mol. The number of carbonyl (C=O) groups is 3. The van der Waals surface area contributed by atoms with E-state index in [1.54, 1.807) is 0 Å². The molecule has 5 atom stereocenters. The Morgan fingerprint density at radius 2 is 1.92 bits per heavy atom. The number of nitrogens with one attached hydrogen (secondary N) is 1. The van der Waals surface area contributed by atoms with Gasteiger partial charge >= 0.3 is 0 Å². The number of piperidine rings is 1. The average Bonchev–Trinajstić information content (AvgIpc) is 3.45. The predicted molar refractivity (Wildman–Crippen MR) is 97.0 cm³/mol. The minimum absolute atomic E-state index is 0.0642. The Balaban J connectivity index is 1.80. The van der Waals surface area contributed by atoms with E-state index in [1.165, 1.54) is 4.90 Å². The van der Waals surface area contributed by atoms with Crippen molar-refractivity contribution in [2.75, 3.05) is 0 Å². The van der Waals surface area contributed by atoms with Crippen LogP contribution in [0, 0.1) is 17.3 Å². The van der Waals surface area contributed by atoms with E-state index in [1.807, 2.05) is 13.8 Å². The Labute approximate surface area is 154 Å². The van der Waals surface area contributed by atoms with E-state index >= 15 is 0 Å². The summed E-state index contributed by atoms with van der Waals surface area (Å²) in [6.45, 7) is 6.01. The number of rotatable bonds is 6. The molecule has 134 valence electrons. The number of fused-ring (bicyclic) bond motifs is 2. The maximum Gasteiger partial charge on any atom is 0.242 e. The fourth-order valence-corrected chi connectivity index (χ4v) is 5.89. The SMILES string of the molecule is [B]SC1CC(=O)N(C2(C(=O)C(C)(C)CCC)C3CC3NC3CC32)C1=O. The lowest BCUT2D eigenvalue weighted by atomic mass is 9.68. The average molecular weight is 360 g/mol. The van der Waals surface area contributed by atoms with Crippen LogP contribution in [0.15, 0.2) is 0 Å². The third kappa shape index (κ3) is 2.31. The molecule has 0 aromatic heterocycles. The van der Waals surface area contributed by atoms with Crippen molar-refractivity contribution in [1.29, 1.82) is 0 Å². The molecule has 1 N–H and O–H groups in total. The predicted octanol–water partition coefficient (Wildman–Crippen LogP) is 1.45. The van der Waals surface area contributed by atoms with E-state index in [0.29, 0.717) is 0 Å². The molecule has 2 amide bonds. The van der Waals surface area contributed by atoms with Gasteiger partial charge in [0.25, 0.3) is 0 Å². The van der Waals surface area contributed by atoms with Crippen molar-refractivity contribution in [3.05, 3.63) is 0 Å². The Bertz CT molecular complexity index is 636. The minimum Gasteiger partial charge on any atom is -0.310 e. The lowest BCUT2D eigenvalue weighted by Crippen LogP contribution is -2.67. The number of likely N-dealkylation sites (tertiary alicyclic amines) is 1. The quantitative estimate of drug-likeness (QED) is 0.574. The molecule has 2 aliphatic carbocycles. The standard InChI is InChI=1S/C18H25BN2O3S/c1-4-5-17(2,3)16(24)18(9-6-11(9)20-12-7-10(12)18)21-14(22)8-13(25-19)15(21)23/h9-13,20H,4-8H2,1-3H3. The molecule has 4 rings (SSSR count). The van der Waals surface area contributed by atoms with Gasteiger partial charge in [0, 0.05) is 35.8 Å². The number of imide groups is 1. The van der Waals surface area contributed by atoms with Gasteiger partial charge in [0.2, 0.25) is 11.8 Å². The zero-order valence-electron chi connectivity index (χ0n) is 15.1. The molecule has 0 aromatic rings. The minimum atomic E-state index is -0.947. The zero-order chi connectivity index (χ0) is 18.1. The first-order chi connectivity index (χ1) is 11.8. The highest BCUT2D eigenvalue weighted by Gasteiger charge is 2.76. The Morgan fingerprint density at radius 3 is 2.40 bits per heavy atom. The summed E-state index contributed by atoms with van der Waals surface area (Å²) < 4.78 is 0. The fourth-order valence-electron chi connectivity index (χ4n) is 5.43. The van der Waals surface area contributed by atoms with Crippen molar-refractivity contribution in [2.45, 2.75) is 75.7 Å². The molecule has 0 aromatic carbocycles. The Kier molecular flexibility index (Phi) is 3.93. The van der Waals surface area contributed by atoms with Crippen LogP contribution in [0.1, 0.15) is 52.9 Å².